The van der Waals surface area contributed by atoms with Crippen LogP contribution >= 0.6 is 0 Å². The Morgan fingerprint density at radius 3 is 1.85 bits per heavy atom. The van der Waals surface area contributed by atoms with Gasteiger partial charge in [-0.25, -0.2) is 0 Å². The highest BCUT2D eigenvalue weighted by Gasteiger charge is 2.13. The first kappa shape index (κ1) is 24.4. The Kier molecular flexibility index (Phi) is 17.0. The van der Waals surface area contributed by atoms with Crippen LogP contribution in [0.5, 0.6) is 0 Å². The normalized spacial score (nSPS) is 15.1. The van der Waals surface area contributed by atoms with Crippen LogP contribution in [0, 0.1) is 0 Å². The van der Waals surface area contributed by atoms with Gasteiger partial charge in [0, 0.05) is 6.42 Å². The lowest BCUT2D eigenvalue weighted by Gasteiger charge is -2.22. The fourth-order valence-corrected chi connectivity index (χ4v) is 3.69. The number of nitrogens with one attached hydrogen (secondary N) is 1. The van der Waals surface area contributed by atoms with Crippen molar-refractivity contribution in [3.05, 3.63) is 0 Å². The summed E-state index contributed by atoms with van der Waals surface area (Å²) < 4.78 is 11.0. The Morgan fingerprint density at radius 1 is 0.778 bits per heavy atom. The third-order valence-corrected chi connectivity index (χ3v) is 5.47. The second kappa shape index (κ2) is 18.7. The summed E-state index contributed by atoms with van der Waals surface area (Å²) >= 11 is 0. The zero-order valence-corrected chi connectivity index (χ0v) is 17.9. The summed E-state index contributed by atoms with van der Waals surface area (Å²) in [5.41, 5.74) is 0. The minimum absolute atomic E-state index is 0.0630. The van der Waals surface area contributed by atoms with Gasteiger partial charge in [0.2, 0.25) is 0 Å². The molecule has 0 aromatic carbocycles. The summed E-state index contributed by atoms with van der Waals surface area (Å²) in [6.45, 7) is 5.28. The predicted octanol–water partition coefficient (Wildman–Crippen LogP) is 5.78. The highest BCUT2D eigenvalue weighted by Crippen LogP contribution is 2.13. The fourth-order valence-electron chi connectivity index (χ4n) is 3.69. The van der Waals surface area contributed by atoms with E-state index in [1.54, 1.807) is 0 Å². The molecule has 160 valence electrons. The Labute approximate surface area is 168 Å². The van der Waals surface area contributed by atoms with Gasteiger partial charge >= 0.3 is 5.97 Å². The monoisotopic (exact) mass is 383 g/mol. The summed E-state index contributed by atoms with van der Waals surface area (Å²) in [6.07, 6.45) is 20.3. The molecule has 1 N–H and O–H groups in total. The van der Waals surface area contributed by atoms with Gasteiger partial charge in [0.25, 0.3) is 0 Å². The molecule has 0 radical (unpaired) electrons. The summed E-state index contributed by atoms with van der Waals surface area (Å²) in [4.78, 5) is 11.7. The Balaban J connectivity index is 1.74. The lowest BCUT2D eigenvalue weighted by atomic mass is 10.0. The van der Waals surface area contributed by atoms with Gasteiger partial charge in [-0.15, -0.1) is 0 Å². The Bertz CT molecular complexity index is 330. The highest BCUT2D eigenvalue weighted by atomic mass is 16.6. The van der Waals surface area contributed by atoms with Crippen LogP contribution in [0.3, 0.4) is 0 Å². The van der Waals surface area contributed by atoms with Crippen LogP contribution in [0.15, 0.2) is 0 Å². The minimum atomic E-state index is -0.0630. The molecule has 1 rings (SSSR count). The summed E-state index contributed by atoms with van der Waals surface area (Å²) in [5, 5.41) is 3.32. The van der Waals surface area contributed by atoms with Crippen LogP contribution in [0.1, 0.15) is 110 Å². The molecule has 1 heterocycles. The average Bonchev–Trinajstić information content (AvgIpc) is 2.69. The molecule has 0 aliphatic carbocycles. The third-order valence-electron chi connectivity index (χ3n) is 5.47. The summed E-state index contributed by atoms with van der Waals surface area (Å²) in [6, 6.07) is 0. The van der Waals surface area contributed by atoms with Gasteiger partial charge in [0.1, 0.15) is 6.61 Å². The third kappa shape index (κ3) is 16.1. The molecular weight excluding hydrogens is 338 g/mol. The molecule has 0 amide bonds. The van der Waals surface area contributed by atoms with E-state index >= 15 is 0 Å². The van der Waals surface area contributed by atoms with Crippen molar-refractivity contribution in [2.45, 2.75) is 116 Å². The van der Waals surface area contributed by atoms with Crippen LogP contribution in [-0.4, -0.2) is 38.4 Å². The predicted molar refractivity (Wildman–Crippen MR) is 113 cm³/mol. The molecule has 1 aliphatic rings. The number of carbonyl (C=O) groups excluding carboxylic acids is 1. The topological polar surface area (TPSA) is 47.6 Å². The number of hydrogen-bond acceptors (Lipinski definition) is 4. The van der Waals surface area contributed by atoms with Gasteiger partial charge in [-0.1, -0.05) is 84.0 Å². The summed E-state index contributed by atoms with van der Waals surface area (Å²) in [5.74, 6) is -0.0630. The molecule has 4 nitrogen and oxygen atoms in total. The number of ether oxygens (including phenoxy) is 2. The average molecular weight is 384 g/mol. The van der Waals surface area contributed by atoms with E-state index in [0.717, 1.165) is 38.8 Å². The quantitative estimate of drug-likeness (QED) is 0.241. The zero-order chi connectivity index (χ0) is 19.4. The van der Waals surface area contributed by atoms with E-state index in [-0.39, 0.29) is 5.97 Å². The van der Waals surface area contributed by atoms with Crippen LogP contribution in [-0.2, 0) is 14.3 Å². The van der Waals surface area contributed by atoms with E-state index in [0.29, 0.717) is 25.7 Å². The molecule has 0 unspecified atom stereocenters. The smallest absolute Gasteiger partial charge is 0.305 e. The number of unbranched alkanes of at least 4 members (excludes halogenated alkanes) is 12. The van der Waals surface area contributed by atoms with Gasteiger partial charge in [-0.05, 0) is 32.4 Å². The standard InChI is InChI=1S/C23H45NO3/c1-2-3-4-5-6-7-8-9-10-11-12-13-14-15-23(25)27-21-20-26-22-16-18-24-19-17-22/h22,24H,2-21H2,1H3. The molecular formula is C23H45NO3. The fraction of sp³-hybridized carbons (Fsp3) is 0.957. The van der Waals surface area contributed by atoms with Gasteiger partial charge in [0.05, 0.1) is 12.7 Å². The number of esters is 1. The summed E-state index contributed by atoms with van der Waals surface area (Å²) in [7, 11) is 0. The highest BCUT2D eigenvalue weighted by molar-refractivity contribution is 5.69. The second-order valence-corrected chi connectivity index (χ2v) is 8.03. The van der Waals surface area contributed by atoms with Crippen LogP contribution in [0.25, 0.3) is 0 Å². The van der Waals surface area contributed by atoms with Crippen molar-refractivity contribution in [3.8, 4) is 0 Å². The number of hydrogen-bond donors (Lipinski definition) is 1. The van der Waals surface area contributed by atoms with Crippen molar-refractivity contribution in [1.82, 2.24) is 5.32 Å². The van der Waals surface area contributed by atoms with E-state index < -0.39 is 0 Å². The maximum atomic E-state index is 11.7. The van der Waals surface area contributed by atoms with Crippen molar-refractivity contribution < 1.29 is 14.3 Å². The first-order valence-corrected chi connectivity index (χ1v) is 11.8. The molecule has 0 aromatic rings. The molecule has 0 atom stereocenters. The molecule has 0 aromatic heterocycles. The van der Waals surface area contributed by atoms with E-state index in [1.165, 1.54) is 70.6 Å². The molecule has 1 fully saturated rings. The van der Waals surface area contributed by atoms with Crippen LogP contribution in [0.4, 0.5) is 0 Å². The largest absolute Gasteiger partial charge is 0.463 e. The van der Waals surface area contributed by atoms with E-state index in [2.05, 4.69) is 12.2 Å². The number of rotatable bonds is 18. The van der Waals surface area contributed by atoms with Crippen LogP contribution < -0.4 is 5.32 Å². The Hall–Kier alpha value is -0.610. The molecule has 27 heavy (non-hydrogen) atoms. The van der Waals surface area contributed by atoms with Gasteiger partial charge < -0.3 is 14.8 Å². The van der Waals surface area contributed by atoms with Crippen molar-refractivity contribution in [3.63, 3.8) is 0 Å². The SMILES string of the molecule is CCCCCCCCCCCCCCCC(=O)OCCOC1CCNCC1. The molecule has 0 spiro atoms. The van der Waals surface area contributed by atoms with Gasteiger partial charge in [-0.2, -0.15) is 0 Å². The molecule has 0 bridgehead atoms. The first-order valence-electron chi connectivity index (χ1n) is 11.8. The molecule has 4 heteroatoms. The molecule has 0 saturated carbocycles. The van der Waals surface area contributed by atoms with Crippen LogP contribution in [0.2, 0.25) is 0 Å². The van der Waals surface area contributed by atoms with Crippen molar-refractivity contribution in [1.29, 1.82) is 0 Å². The second-order valence-electron chi connectivity index (χ2n) is 8.03. The van der Waals surface area contributed by atoms with E-state index in [4.69, 9.17) is 9.47 Å². The maximum absolute atomic E-state index is 11.7. The maximum Gasteiger partial charge on any atom is 0.305 e. The van der Waals surface area contributed by atoms with Gasteiger partial charge in [0.15, 0.2) is 0 Å². The minimum Gasteiger partial charge on any atom is -0.463 e. The lowest BCUT2D eigenvalue weighted by Crippen LogP contribution is -2.33. The van der Waals surface area contributed by atoms with E-state index in [9.17, 15) is 4.79 Å². The van der Waals surface area contributed by atoms with Crippen molar-refractivity contribution >= 4 is 5.97 Å². The molecule has 1 saturated heterocycles. The van der Waals surface area contributed by atoms with E-state index in [1.807, 2.05) is 0 Å². The number of carbonyl (C=O) groups is 1. The Morgan fingerprint density at radius 2 is 1.30 bits per heavy atom. The van der Waals surface area contributed by atoms with Crippen molar-refractivity contribution in [2.75, 3.05) is 26.3 Å². The first-order chi connectivity index (χ1) is 13.3. The zero-order valence-electron chi connectivity index (χ0n) is 17.9. The lowest BCUT2D eigenvalue weighted by molar-refractivity contribution is -0.146. The van der Waals surface area contributed by atoms with Gasteiger partial charge in [-0.3, -0.25) is 4.79 Å². The van der Waals surface area contributed by atoms with Crippen molar-refractivity contribution in [2.24, 2.45) is 0 Å². The molecule has 1 aliphatic heterocycles. The number of piperidine rings is 1.